The molecule has 0 atom stereocenters. The summed E-state index contributed by atoms with van der Waals surface area (Å²) in [6.45, 7) is 2.80. The van der Waals surface area contributed by atoms with Gasteiger partial charge in [-0.1, -0.05) is 30.3 Å². The minimum atomic E-state index is 0.0537. The highest BCUT2D eigenvalue weighted by Gasteiger charge is 2.46. The van der Waals surface area contributed by atoms with Crippen molar-refractivity contribution >= 4 is 17.7 Å². The van der Waals surface area contributed by atoms with E-state index in [1.54, 1.807) is 0 Å². The van der Waals surface area contributed by atoms with Crippen molar-refractivity contribution in [2.75, 3.05) is 18.8 Å². The van der Waals surface area contributed by atoms with Crippen molar-refractivity contribution in [3.63, 3.8) is 0 Å². The molecule has 0 aliphatic carbocycles. The quantitative estimate of drug-likeness (QED) is 0.882. The van der Waals surface area contributed by atoms with Gasteiger partial charge < -0.3 is 10.2 Å². The summed E-state index contributed by atoms with van der Waals surface area (Å²) in [4.78, 5) is 14.3. The molecule has 2 saturated heterocycles. The molecule has 1 amide bonds. The van der Waals surface area contributed by atoms with Crippen LogP contribution in [0, 0.1) is 0 Å². The number of carbonyl (C=O) groups excluding carboxylic acids is 1. The highest BCUT2D eigenvalue weighted by atomic mass is 32.2. The Hall–Kier alpha value is -1.00. The highest BCUT2D eigenvalue weighted by molar-refractivity contribution is 8.01. The first-order valence-electron chi connectivity index (χ1n) is 6.49. The molecule has 0 saturated carbocycles. The first-order valence-corrected chi connectivity index (χ1v) is 7.48. The van der Waals surface area contributed by atoms with Gasteiger partial charge in [0.05, 0.1) is 10.6 Å². The molecule has 0 bridgehead atoms. The molecule has 0 unspecified atom stereocenters. The Morgan fingerprint density at radius 2 is 1.94 bits per heavy atom. The van der Waals surface area contributed by atoms with Crippen LogP contribution >= 0.6 is 11.8 Å². The van der Waals surface area contributed by atoms with Crippen LogP contribution in [0.4, 0.5) is 0 Å². The molecule has 1 aromatic rings. The molecule has 1 aromatic carbocycles. The van der Waals surface area contributed by atoms with Crippen molar-refractivity contribution in [1.29, 1.82) is 0 Å². The summed E-state index contributed by atoms with van der Waals surface area (Å²) in [5.74, 6) is 0.943. The average Bonchev–Trinajstić information content (AvgIpc) is 2.71. The summed E-state index contributed by atoms with van der Waals surface area (Å²) in [5.41, 5.74) is 1.23. The van der Waals surface area contributed by atoms with Crippen LogP contribution in [0.1, 0.15) is 18.4 Å². The number of benzene rings is 1. The zero-order valence-corrected chi connectivity index (χ0v) is 11.2. The minimum absolute atomic E-state index is 0.0537. The Morgan fingerprint density at radius 1 is 1.22 bits per heavy atom. The monoisotopic (exact) mass is 262 g/mol. The van der Waals surface area contributed by atoms with Crippen LogP contribution < -0.4 is 5.32 Å². The molecule has 2 aliphatic heterocycles. The van der Waals surface area contributed by atoms with Gasteiger partial charge in [0.2, 0.25) is 5.91 Å². The lowest BCUT2D eigenvalue weighted by Crippen LogP contribution is -2.50. The van der Waals surface area contributed by atoms with Crippen LogP contribution in [0.25, 0.3) is 0 Å². The fraction of sp³-hybridized carbons (Fsp3) is 0.500. The molecule has 4 heteroatoms. The Bertz CT molecular complexity index is 429. The maximum absolute atomic E-state index is 12.1. The molecule has 2 aliphatic rings. The van der Waals surface area contributed by atoms with Crippen molar-refractivity contribution in [2.45, 2.75) is 24.3 Å². The van der Waals surface area contributed by atoms with E-state index in [1.807, 2.05) is 30.0 Å². The average molecular weight is 262 g/mol. The molecule has 3 nitrogen and oxygen atoms in total. The lowest BCUT2D eigenvalue weighted by Gasteiger charge is -2.40. The maximum atomic E-state index is 12.1. The topological polar surface area (TPSA) is 32.3 Å². The van der Waals surface area contributed by atoms with Crippen LogP contribution in [0.3, 0.4) is 0 Å². The number of piperidine rings is 1. The van der Waals surface area contributed by atoms with Crippen LogP contribution in [-0.2, 0) is 11.3 Å². The summed E-state index contributed by atoms with van der Waals surface area (Å²) < 4.78 is 0. The Morgan fingerprint density at radius 3 is 2.67 bits per heavy atom. The number of carbonyl (C=O) groups is 1. The van der Waals surface area contributed by atoms with Crippen LogP contribution in [-0.4, -0.2) is 34.5 Å². The molecule has 2 fully saturated rings. The smallest absolute Gasteiger partial charge is 0.234 e. The normalized spacial score (nSPS) is 22.7. The third-order valence-corrected chi connectivity index (χ3v) is 5.38. The first kappa shape index (κ1) is 12.1. The lowest BCUT2D eigenvalue weighted by atomic mass is 10.0. The van der Waals surface area contributed by atoms with Gasteiger partial charge in [-0.05, 0) is 31.5 Å². The maximum Gasteiger partial charge on any atom is 0.234 e. The van der Waals surface area contributed by atoms with E-state index < -0.39 is 0 Å². The summed E-state index contributed by atoms with van der Waals surface area (Å²) in [6.07, 6.45) is 2.13. The predicted octanol–water partition coefficient (Wildman–Crippen LogP) is 1.84. The van der Waals surface area contributed by atoms with E-state index in [2.05, 4.69) is 22.3 Å². The molecule has 1 N–H and O–H groups in total. The van der Waals surface area contributed by atoms with Gasteiger partial charge in [0.15, 0.2) is 0 Å². The van der Waals surface area contributed by atoms with E-state index in [0.717, 1.165) is 32.5 Å². The van der Waals surface area contributed by atoms with Crippen LogP contribution in [0.15, 0.2) is 30.3 Å². The van der Waals surface area contributed by atoms with Gasteiger partial charge >= 0.3 is 0 Å². The van der Waals surface area contributed by atoms with Gasteiger partial charge in [-0.2, -0.15) is 0 Å². The fourth-order valence-electron chi connectivity index (χ4n) is 2.81. The molecular formula is C14H18N2OS. The van der Waals surface area contributed by atoms with Crippen molar-refractivity contribution < 1.29 is 4.79 Å². The van der Waals surface area contributed by atoms with E-state index in [1.165, 1.54) is 5.56 Å². The van der Waals surface area contributed by atoms with Crippen LogP contribution in [0.2, 0.25) is 0 Å². The molecular weight excluding hydrogens is 244 g/mol. The van der Waals surface area contributed by atoms with Crippen molar-refractivity contribution in [3.05, 3.63) is 35.9 Å². The summed E-state index contributed by atoms with van der Waals surface area (Å²) in [5, 5.41) is 3.38. The third-order valence-electron chi connectivity index (χ3n) is 3.83. The SMILES string of the molecule is O=C1CSC2(CCNCC2)N1Cc1ccccc1. The number of amides is 1. The zero-order valence-electron chi connectivity index (χ0n) is 10.4. The zero-order chi connectivity index (χ0) is 12.4. The van der Waals surface area contributed by atoms with Gasteiger partial charge in [0.25, 0.3) is 0 Å². The predicted molar refractivity (Wildman–Crippen MR) is 74.3 cm³/mol. The molecule has 18 heavy (non-hydrogen) atoms. The van der Waals surface area contributed by atoms with E-state index in [4.69, 9.17) is 0 Å². The van der Waals surface area contributed by atoms with Gasteiger partial charge in [0, 0.05) is 6.54 Å². The second-order valence-electron chi connectivity index (χ2n) is 4.95. The van der Waals surface area contributed by atoms with E-state index >= 15 is 0 Å². The molecule has 0 radical (unpaired) electrons. The van der Waals surface area contributed by atoms with Crippen molar-refractivity contribution in [3.8, 4) is 0 Å². The van der Waals surface area contributed by atoms with E-state index in [9.17, 15) is 4.79 Å². The Kier molecular flexibility index (Phi) is 3.31. The number of thioether (sulfide) groups is 1. The number of hydrogen-bond acceptors (Lipinski definition) is 3. The summed E-state index contributed by atoms with van der Waals surface area (Å²) in [6, 6.07) is 10.3. The van der Waals surface area contributed by atoms with Gasteiger partial charge in [-0.3, -0.25) is 4.79 Å². The first-order chi connectivity index (χ1) is 8.80. The highest BCUT2D eigenvalue weighted by Crippen LogP contribution is 2.43. The summed E-state index contributed by atoms with van der Waals surface area (Å²) >= 11 is 1.84. The number of nitrogens with zero attached hydrogens (tertiary/aromatic N) is 1. The number of nitrogens with one attached hydrogen (secondary N) is 1. The summed E-state index contributed by atoms with van der Waals surface area (Å²) in [7, 11) is 0. The molecule has 96 valence electrons. The second-order valence-corrected chi connectivity index (χ2v) is 6.29. The Labute approximate surface area is 112 Å². The second kappa shape index (κ2) is 4.94. The lowest BCUT2D eigenvalue weighted by molar-refractivity contribution is -0.131. The molecule has 3 rings (SSSR count). The minimum Gasteiger partial charge on any atom is -0.323 e. The van der Waals surface area contributed by atoms with Gasteiger partial charge in [0.1, 0.15) is 0 Å². The van der Waals surface area contributed by atoms with Crippen LogP contribution in [0.5, 0.6) is 0 Å². The van der Waals surface area contributed by atoms with E-state index in [0.29, 0.717) is 11.7 Å². The number of rotatable bonds is 2. The number of hydrogen-bond donors (Lipinski definition) is 1. The third kappa shape index (κ3) is 2.15. The van der Waals surface area contributed by atoms with Gasteiger partial charge in [-0.25, -0.2) is 0 Å². The molecule has 0 aromatic heterocycles. The molecule has 2 heterocycles. The van der Waals surface area contributed by atoms with Gasteiger partial charge in [-0.15, -0.1) is 11.8 Å². The fourth-order valence-corrected chi connectivity index (χ4v) is 4.17. The Balaban J connectivity index is 1.81. The van der Waals surface area contributed by atoms with Crippen molar-refractivity contribution in [2.24, 2.45) is 0 Å². The largest absolute Gasteiger partial charge is 0.323 e. The standard InChI is InChI=1S/C14H18N2OS/c17-13-11-18-14(6-8-15-9-7-14)16(13)10-12-4-2-1-3-5-12/h1-5,15H,6-11H2. The van der Waals surface area contributed by atoms with Crippen molar-refractivity contribution in [1.82, 2.24) is 10.2 Å². The van der Waals surface area contributed by atoms with E-state index in [-0.39, 0.29) is 4.87 Å². The molecule has 1 spiro atoms.